The van der Waals surface area contributed by atoms with E-state index in [1.165, 1.54) is 10.5 Å². The molecule has 0 fully saturated rings. The van der Waals surface area contributed by atoms with Crippen molar-refractivity contribution in [2.75, 3.05) is 6.26 Å². The summed E-state index contributed by atoms with van der Waals surface area (Å²) in [5.41, 5.74) is 2.20. The number of rotatable bonds is 4. The molecule has 2 rings (SSSR count). The smallest absolute Gasteiger partial charge is 0.0629 e. The molecular formula is C16H15NS. The molecule has 0 atom stereocenters. The fourth-order valence-corrected chi connectivity index (χ4v) is 2.16. The van der Waals surface area contributed by atoms with Crippen LogP contribution in [0, 0.1) is 0 Å². The second-order valence-electron chi connectivity index (χ2n) is 3.71. The zero-order valence-electron chi connectivity index (χ0n) is 10.3. The molecule has 0 N–H and O–H groups in total. The van der Waals surface area contributed by atoms with Crippen molar-refractivity contribution < 1.29 is 0 Å². The van der Waals surface area contributed by atoms with Crippen LogP contribution in [0.2, 0.25) is 0 Å². The maximum atomic E-state index is 4.40. The van der Waals surface area contributed by atoms with Crippen LogP contribution in [0.1, 0.15) is 5.56 Å². The minimum absolute atomic E-state index is 0.974. The van der Waals surface area contributed by atoms with Crippen LogP contribution in [0.15, 0.2) is 71.7 Å². The molecular weight excluding hydrogens is 238 g/mol. The molecule has 0 unspecified atom stereocenters. The largest absolute Gasteiger partial charge is 0.257 e. The SMILES string of the molecule is CS/C(=C/C=Nc1ccccc1)c1ccccc1. The van der Waals surface area contributed by atoms with E-state index >= 15 is 0 Å². The van der Waals surface area contributed by atoms with Crippen LogP contribution in [0.5, 0.6) is 0 Å². The maximum absolute atomic E-state index is 4.40. The Morgan fingerprint density at radius 3 is 2.17 bits per heavy atom. The van der Waals surface area contributed by atoms with Crippen molar-refractivity contribution in [1.29, 1.82) is 0 Å². The third-order valence-electron chi connectivity index (χ3n) is 2.48. The van der Waals surface area contributed by atoms with Gasteiger partial charge in [-0.3, -0.25) is 4.99 Å². The molecule has 0 spiro atoms. The van der Waals surface area contributed by atoms with E-state index in [0.29, 0.717) is 0 Å². The minimum atomic E-state index is 0.974. The fourth-order valence-electron chi connectivity index (χ4n) is 1.59. The molecule has 0 heterocycles. The number of allylic oxidation sites excluding steroid dienone is 1. The Labute approximate surface area is 112 Å². The van der Waals surface area contributed by atoms with Gasteiger partial charge in [0, 0.05) is 11.1 Å². The standard InChI is InChI=1S/C16H15NS/c1-18-16(14-8-4-2-5-9-14)12-13-17-15-10-6-3-7-11-15/h2-13H,1H3/b16-12+,17-13?. The van der Waals surface area contributed by atoms with Gasteiger partial charge in [0.1, 0.15) is 0 Å². The monoisotopic (exact) mass is 253 g/mol. The summed E-state index contributed by atoms with van der Waals surface area (Å²) in [6.07, 6.45) is 5.98. The highest BCUT2D eigenvalue weighted by atomic mass is 32.2. The molecule has 0 aromatic heterocycles. The van der Waals surface area contributed by atoms with Gasteiger partial charge in [-0.25, -0.2) is 0 Å². The number of nitrogens with zero attached hydrogens (tertiary/aromatic N) is 1. The fraction of sp³-hybridized carbons (Fsp3) is 0.0625. The molecule has 0 bridgehead atoms. The van der Waals surface area contributed by atoms with Gasteiger partial charge in [0.05, 0.1) is 5.69 Å². The zero-order valence-corrected chi connectivity index (χ0v) is 11.1. The normalized spacial score (nSPS) is 11.9. The van der Waals surface area contributed by atoms with Crippen LogP contribution in [-0.2, 0) is 0 Å². The van der Waals surface area contributed by atoms with Crippen molar-refractivity contribution in [2.24, 2.45) is 4.99 Å². The van der Waals surface area contributed by atoms with Crippen molar-refractivity contribution in [1.82, 2.24) is 0 Å². The van der Waals surface area contributed by atoms with E-state index < -0.39 is 0 Å². The quantitative estimate of drug-likeness (QED) is 0.713. The second kappa shape index (κ2) is 6.82. The first-order valence-electron chi connectivity index (χ1n) is 5.79. The lowest BCUT2D eigenvalue weighted by molar-refractivity contribution is 1.54. The summed E-state index contributed by atoms with van der Waals surface area (Å²) in [5.74, 6) is 0. The van der Waals surface area contributed by atoms with Crippen molar-refractivity contribution in [3.63, 3.8) is 0 Å². The number of para-hydroxylation sites is 1. The first-order valence-corrected chi connectivity index (χ1v) is 7.01. The Bertz CT molecular complexity index is 530. The highest BCUT2D eigenvalue weighted by molar-refractivity contribution is 8.07. The molecule has 2 aromatic rings. The summed E-state index contributed by atoms with van der Waals surface area (Å²) in [6.45, 7) is 0. The molecule has 0 aliphatic carbocycles. The van der Waals surface area contributed by atoms with Gasteiger partial charge in [0.2, 0.25) is 0 Å². The molecule has 2 heteroatoms. The Kier molecular flexibility index (Phi) is 4.79. The zero-order chi connectivity index (χ0) is 12.6. The van der Waals surface area contributed by atoms with Gasteiger partial charge in [0.25, 0.3) is 0 Å². The van der Waals surface area contributed by atoms with E-state index in [0.717, 1.165) is 5.69 Å². The van der Waals surface area contributed by atoms with Crippen LogP contribution in [0.25, 0.3) is 4.91 Å². The van der Waals surface area contributed by atoms with Gasteiger partial charge in [-0.05, 0) is 30.0 Å². The molecule has 0 amide bonds. The van der Waals surface area contributed by atoms with Crippen LogP contribution in [0.4, 0.5) is 5.69 Å². The number of benzene rings is 2. The number of hydrogen-bond donors (Lipinski definition) is 0. The molecule has 0 saturated carbocycles. The predicted octanol–water partition coefficient (Wildman–Crippen LogP) is 4.79. The summed E-state index contributed by atoms with van der Waals surface area (Å²) >= 11 is 1.73. The predicted molar refractivity (Wildman–Crippen MR) is 82.5 cm³/mol. The highest BCUT2D eigenvalue weighted by Gasteiger charge is 1.96. The van der Waals surface area contributed by atoms with Gasteiger partial charge in [0.15, 0.2) is 0 Å². The second-order valence-corrected chi connectivity index (χ2v) is 4.56. The van der Waals surface area contributed by atoms with Crippen LogP contribution in [-0.4, -0.2) is 12.5 Å². The molecule has 90 valence electrons. The topological polar surface area (TPSA) is 12.4 Å². The van der Waals surface area contributed by atoms with E-state index in [-0.39, 0.29) is 0 Å². The van der Waals surface area contributed by atoms with Gasteiger partial charge in [-0.2, -0.15) is 0 Å². The van der Waals surface area contributed by atoms with E-state index in [2.05, 4.69) is 23.4 Å². The van der Waals surface area contributed by atoms with Gasteiger partial charge >= 0.3 is 0 Å². The average molecular weight is 253 g/mol. The third-order valence-corrected chi connectivity index (χ3v) is 3.30. The first-order chi connectivity index (χ1) is 8.90. The van der Waals surface area contributed by atoms with E-state index in [1.54, 1.807) is 11.8 Å². The molecule has 0 aliphatic heterocycles. The van der Waals surface area contributed by atoms with E-state index in [9.17, 15) is 0 Å². The molecule has 0 aliphatic rings. The highest BCUT2D eigenvalue weighted by Crippen LogP contribution is 2.24. The van der Waals surface area contributed by atoms with Crippen molar-refractivity contribution in [3.8, 4) is 0 Å². The van der Waals surface area contributed by atoms with Gasteiger partial charge < -0.3 is 0 Å². The minimum Gasteiger partial charge on any atom is -0.257 e. The van der Waals surface area contributed by atoms with Crippen molar-refractivity contribution in [3.05, 3.63) is 72.3 Å². The molecule has 2 aromatic carbocycles. The van der Waals surface area contributed by atoms with Crippen molar-refractivity contribution >= 4 is 28.6 Å². The van der Waals surface area contributed by atoms with Gasteiger partial charge in [-0.15, -0.1) is 11.8 Å². The van der Waals surface area contributed by atoms with Gasteiger partial charge in [-0.1, -0.05) is 48.5 Å². The number of hydrogen-bond acceptors (Lipinski definition) is 2. The Morgan fingerprint density at radius 2 is 1.56 bits per heavy atom. The lowest BCUT2D eigenvalue weighted by Gasteiger charge is -2.01. The number of aliphatic imine (C=N–C) groups is 1. The Morgan fingerprint density at radius 1 is 0.944 bits per heavy atom. The van der Waals surface area contributed by atoms with Crippen LogP contribution >= 0.6 is 11.8 Å². The number of thioether (sulfide) groups is 1. The molecule has 0 radical (unpaired) electrons. The summed E-state index contributed by atoms with van der Waals surface area (Å²) < 4.78 is 0. The maximum Gasteiger partial charge on any atom is 0.0629 e. The Hall–Kier alpha value is -1.80. The van der Waals surface area contributed by atoms with Crippen LogP contribution < -0.4 is 0 Å². The molecule has 1 nitrogen and oxygen atoms in total. The molecule has 18 heavy (non-hydrogen) atoms. The Balaban J connectivity index is 2.14. The lowest BCUT2D eigenvalue weighted by atomic mass is 10.2. The first kappa shape index (κ1) is 12.7. The summed E-state index contributed by atoms with van der Waals surface area (Å²) in [5, 5.41) is 0. The van der Waals surface area contributed by atoms with Crippen LogP contribution in [0.3, 0.4) is 0 Å². The van der Waals surface area contributed by atoms with E-state index in [4.69, 9.17) is 0 Å². The van der Waals surface area contributed by atoms with Crippen molar-refractivity contribution in [2.45, 2.75) is 0 Å². The summed E-state index contributed by atoms with van der Waals surface area (Å²) in [7, 11) is 0. The summed E-state index contributed by atoms with van der Waals surface area (Å²) in [6, 6.07) is 20.3. The average Bonchev–Trinajstić information content (AvgIpc) is 2.46. The lowest BCUT2D eigenvalue weighted by Crippen LogP contribution is -1.79. The molecule has 0 saturated heterocycles. The summed E-state index contributed by atoms with van der Waals surface area (Å²) in [4.78, 5) is 5.62. The van der Waals surface area contributed by atoms with E-state index in [1.807, 2.05) is 60.8 Å². The third kappa shape index (κ3) is 3.60.